The van der Waals surface area contributed by atoms with Gasteiger partial charge in [0.1, 0.15) is 0 Å². The molecule has 0 atom stereocenters. The van der Waals surface area contributed by atoms with Crippen LogP contribution in [0.4, 0.5) is 10.1 Å². The van der Waals surface area contributed by atoms with Gasteiger partial charge in [0, 0.05) is 18.1 Å². The van der Waals surface area contributed by atoms with Crippen molar-refractivity contribution in [3.63, 3.8) is 0 Å². The fourth-order valence-electron chi connectivity index (χ4n) is 2.36. The van der Waals surface area contributed by atoms with E-state index in [0.717, 1.165) is 0 Å². The fourth-order valence-corrected chi connectivity index (χ4v) is 2.59. The predicted octanol–water partition coefficient (Wildman–Crippen LogP) is 3.94. The molecule has 0 aliphatic heterocycles. The van der Waals surface area contributed by atoms with Gasteiger partial charge in [-0.1, -0.05) is 24.3 Å². The van der Waals surface area contributed by atoms with E-state index in [9.17, 15) is 14.0 Å². The summed E-state index contributed by atoms with van der Waals surface area (Å²) in [4.78, 5) is 27.8. The lowest BCUT2D eigenvalue weighted by Crippen LogP contribution is -2.13. The second-order valence-corrected chi connectivity index (χ2v) is 5.54. The summed E-state index contributed by atoms with van der Waals surface area (Å²) >= 11 is 5.91. The number of rotatable bonds is 5. The van der Waals surface area contributed by atoms with Crippen LogP contribution in [0.5, 0.6) is 5.75 Å². The van der Waals surface area contributed by atoms with Crippen LogP contribution in [0, 0.1) is 5.82 Å². The number of aromatic nitrogens is 1. The average molecular weight is 379 g/mol. The minimum absolute atomic E-state index is 0.0404. The molecular formula is C18H16ClFN2O4. The number of carbonyl (C=O) groups is 2. The maximum Gasteiger partial charge on any atom is 0.357 e. The van der Waals surface area contributed by atoms with Gasteiger partial charge in [-0.2, -0.15) is 0 Å². The van der Waals surface area contributed by atoms with Crippen LogP contribution in [-0.2, 0) is 9.53 Å². The molecule has 0 saturated carbocycles. The highest BCUT2D eigenvalue weighted by molar-refractivity contribution is 6.32. The first-order valence-corrected chi connectivity index (χ1v) is 7.77. The standard InChI is InChI=1S/C18H16ClFN2O4/c1-5-10-13(21-9(2)23)8-14(22-16(10)18(24)26-4)11-6-7-12(19)17(25-3)15(11)20/h5-8H,1H2,2-4H3,(H,21,22,23). The highest BCUT2D eigenvalue weighted by Crippen LogP contribution is 2.36. The van der Waals surface area contributed by atoms with Crippen molar-refractivity contribution in [3.05, 3.63) is 46.9 Å². The zero-order valence-electron chi connectivity index (χ0n) is 14.4. The van der Waals surface area contributed by atoms with Crippen LogP contribution < -0.4 is 10.1 Å². The number of hydrogen-bond donors (Lipinski definition) is 1. The van der Waals surface area contributed by atoms with Crippen molar-refractivity contribution in [3.8, 4) is 17.0 Å². The Morgan fingerprint density at radius 2 is 2.04 bits per heavy atom. The number of benzene rings is 1. The Morgan fingerprint density at radius 3 is 2.58 bits per heavy atom. The summed E-state index contributed by atoms with van der Waals surface area (Å²) in [7, 11) is 2.47. The lowest BCUT2D eigenvalue weighted by atomic mass is 10.0. The Morgan fingerprint density at radius 1 is 1.35 bits per heavy atom. The minimum atomic E-state index is -0.755. The lowest BCUT2D eigenvalue weighted by molar-refractivity contribution is -0.114. The predicted molar refractivity (Wildman–Crippen MR) is 96.9 cm³/mol. The van der Waals surface area contributed by atoms with E-state index >= 15 is 0 Å². The van der Waals surface area contributed by atoms with Crippen molar-refractivity contribution in [2.24, 2.45) is 0 Å². The molecule has 0 radical (unpaired) electrons. The van der Waals surface area contributed by atoms with Crippen molar-refractivity contribution < 1.29 is 23.5 Å². The van der Waals surface area contributed by atoms with Gasteiger partial charge in [0.25, 0.3) is 0 Å². The Bertz CT molecular complexity index is 899. The van der Waals surface area contributed by atoms with E-state index in [-0.39, 0.29) is 44.9 Å². The van der Waals surface area contributed by atoms with Crippen molar-refractivity contribution in [2.45, 2.75) is 6.92 Å². The van der Waals surface area contributed by atoms with Crippen LogP contribution in [-0.4, -0.2) is 31.1 Å². The van der Waals surface area contributed by atoms with Crippen LogP contribution in [0.3, 0.4) is 0 Å². The highest BCUT2D eigenvalue weighted by atomic mass is 35.5. The molecule has 8 heteroatoms. The molecule has 1 N–H and O–H groups in total. The molecule has 1 aromatic heterocycles. The third kappa shape index (κ3) is 3.67. The average Bonchev–Trinajstić information content (AvgIpc) is 2.60. The minimum Gasteiger partial charge on any atom is -0.492 e. The number of amides is 1. The maximum absolute atomic E-state index is 14.7. The number of ether oxygens (including phenoxy) is 2. The molecule has 1 heterocycles. The third-order valence-electron chi connectivity index (χ3n) is 3.48. The number of anilines is 1. The summed E-state index contributed by atoms with van der Waals surface area (Å²) in [5.41, 5.74) is 0.520. The van der Waals surface area contributed by atoms with Gasteiger partial charge in [-0.05, 0) is 18.2 Å². The van der Waals surface area contributed by atoms with Crippen molar-refractivity contribution >= 4 is 35.2 Å². The fraction of sp³-hybridized carbons (Fsp3) is 0.167. The number of methoxy groups -OCH3 is 2. The summed E-state index contributed by atoms with van der Waals surface area (Å²) in [6, 6.07) is 4.27. The number of carbonyl (C=O) groups excluding carboxylic acids is 2. The second-order valence-electron chi connectivity index (χ2n) is 5.14. The Labute approximate surface area is 154 Å². The second kappa shape index (κ2) is 7.97. The zero-order valence-corrected chi connectivity index (χ0v) is 15.1. The molecule has 2 aromatic rings. The number of nitrogens with one attached hydrogen (secondary N) is 1. The van der Waals surface area contributed by atoms with Crippen LogP contribution in [0.1, 0.15) is 23.0 Å². The summed E-state index contributed by atoms with van der Waals surface area (Å²) in [6.45, 7) is 4.93. The van der Waals surface area contributed by atoms with Crippen LogP contribution in [0.15, 0.2) is 24.8 Å². The summed E-state index contributed by atoms with van der Waals surface area (Å²) in [6.07, 6.45) is 1.35. The number of esters is 1. The number of hydrogen-bond acceptors (Lipinski definition) is 5. The molecule has 1 aromatic carbocycles. The van der Waals surface area contributed by atoms with E-state index in [1.807, 2.05) is 0 Å². The number of nitrogens with zero attached hydrogens (tertiary/aromatic N) is 1. The van der Waals surface area contributed by atoms with Gasteiger partial charge < -0.3 is 14.8 Å². The number of pyridine rings is 1. The first kappa shape index (κ1) is 19.4. The quantitative estimate of drug-likeness (QED) is 0.797. The van der Waals surface area contributed by atoms with E-state index in [0.29, 0.717) is 0 Å². The first-order valence-electron chi connectivity index (χ1n) is 7.39. The molecule has 0 aliphatic carbocycles. The molecule has 1 amide bonds. The molecule has 26 heavy (non-hydrogen) atoms. The van der Waals surface area contributed by atoms with Gasteiger partial charge in [-0.25, -0.2) is 14.2 Å². The SMILES string of the molecule is C=Cc1c(NC(C)=O)cc(-c2ccc(Cl)c(OC)c2F)nc1C(=O)OC. The van der Waals surface area contributed by atoms with Gasteiger partial charge in [0.2, 0.25) is 5.91 Å². The molecule has 0 fully saturated rings. The van der Waals surface area contributed by atoms with Crippen molar-refractivity contribution in [1.29, 1.82) is 0 Å². The normalized spacial score (nSPS) is 10.2. The van der Waals surface area contributed by atoms with Gasteiger partial charge >= 0.3 is 5.97 Å². The van der Waals surface area contributed by atoms with Gasteiger partial charge in [0.05, 0.1) is 30.6 Å². The molecular weight excluding hydrogens is 363 g/mol. The number of halogens is 2. The Balaban J connectivity index is 2.79. The van der Waals surface area contributed by atoms with E-state index < -0.39 is 11.8 Å². The monoisotopic (exact) mass is 378 g/mol. The topological polar surface area (TPSA) is 77.5 Å². The maximum atomic E-state index is 14.7. The lowest BCUT2D eigenvalue weighted by Gasteiger charge is -2.14. The summed E-state index contributed by atoms with van der Waals surface area (Å²) in [5.74, 6) is -2.03. The smallest absolute Gasteiger partial charge is 0.357 e. The molecule has 0 bridgehead atoms. The van der Waals surface area contributed by atoms with Crippen LogP contribution in [0.2, 0.25) is 5.02 Å². The molecule has 6 nitrogen and oxygen atoms in total. The van der Waals surface area contributed by atoms with E-state index in [2.05, 4.69) is 16.9 Å². The zero-order chi connectivity index (χ0) is 19.4. The van der Waals surface area contributed by atoms with Crippen molar-refractivity contribution in [2.75, 3.05) is 19.5 Å². The summed E-state index contributed by atoms with van der Waals surface area (Å²) < 4.78 is 24.4. The molecule has 136 valence electrons. The van der Waals surface area contributed by atoms with E-state index in [1.54, 1.807) is 0 Å². The molecule has 2 rings (SSSR count). The Kier molecular flexibility index (Phi) is 5.94. The highest BCUT2D eigenvalue weighted by Gasteiger charge is 2.22. The van der Waals surface area contributed by atoms with Crippen LogP contribution >= 0.6 is 11.6 Å². The molecule has 0 aliphatic rings. The Hall–Kier alpha value is -2.93. The molecule has 0 spiro atoms. The summed E-state index contributed by atoms with van der Waals surface area (Å²) in [5, 5.41) is 2.67. The van der Waals surface area contributed by atoms with Crippen LogP contribution in [0.25, 0.3) is 17.3 Å². The van der Waals surface area contributed by atoms with E-state index in [4.69, 9.17) is 21.1 Å². The first-order chi connectivity index (χ1) is 12.3. The largest absolute Gasteiger partial charge is 0.492 e. The van der Waals surface area contributed by atoms with E-state index in [1.165, 1.54) is 45.4 Å². The van der Waals surface area contributed by atoms with Crippen molar-refractivity contribution in [1.82, 2.24) is 4.98 Å². The van der Waals surface area contributed by atoms with Gasteiger partial charge in [-0.15, -0.1) is 0 Å². The molecule has 0 saturated heterocycles. The molecule has 0 unspecified atom stereocenters. The van der Waals surface area contributed by atoms with Gasteiger partial charge in [0.15, 0.2) is 17.3 Å². The third-order valence-corrected chi connectivity index (χ3v) is 3.78. The van der Waals surface area contributed by atoms with Gasteiger partial charge in [-0.3, -0.25) is 4.79 Å².